The highest BCUT2D eigenvalue weighted by molar-refractivity contribution is 7.15. The van der Waals surface area contributed by atoms with Gasteiger partial charge in [0.05, 0.1) is 10.6 Å². The Morgan fingerprint density at radius 2 is 2.00 bits per heavy atom. The van der Waals surface area contributed by atoms with Crippen LogP contribution in [0.4, 0.5) is 0 Å². The van der Waals surface area contributed by atoms with E-state index in [9.17, 15) is 0 Å². The van der Waals surface area contributed by atoms with E-state index in [-0.39, 0.29) is 0 Å². The monoisotopic (exact) mass is 238 g/mol. The van der Waals surface area contributed by atoms with Crippen LogP contribution in [0.5, 0.6) is 0 Å². The fraction of sp³-hybridized carbons (Fsp3) is 0.182. The molecule has 0 aliphatic rings. The first-order chi connectivity index (χ1) is 7.20. The maximum Gasteiger partial charge on any atom is 0.107 e. The van der Waals surface area contributed by atoms with E-state index in [1.54, 1.807) is 11.3 Å². The number of thiazole rings is 1. The highest BCUT2D eigenvalue weighted by atomic mass is 35.5. The van der Waals surface area contributed by atoms with E-state index in [0.717, 1.165) is 21.3 Å². The van der Waals surface area contributed by atoms with Crippen LogP contribution in [0, 0.1) is 6.92 Å². The smallest absolute Gasteiger partial charge is 0.107 e. The fourth-order valence-electron chi connectivity index (χ4n) is 1.41. The molecule has 0 fully saturated rings. The van der Waals surface area contributed by atoms with E-state index >= 15 is 0 Å². The van der Waals surface area contributed by atoms with Gasteiger partial charge in [0, 0.05) is 11.6 Å². The molecule has 0 saturated carbocycles. The third kappa shape index (κ3) is 2.20. The molecule has 0 saturated heterocycles. The van der Waals surface area contributed by atoms with Crippen LogP contribution < -0.4 is 5.73 Å². The minimum atomic E-state index is 0.499. The zero-order valence-electron chi connectivity index (χ0n) is 8.33. The summed E-state index contributed by atoms with van der Waals surface area (Å²) in [6.07, 6.45) is 0. The van der Waals surface area contributed by atoms with Crippen LogP contribution in [0.1, 0.15) is 10.7 Å². The van der Waals surface area contributed by atoms with E-state index in [4.69, 9.17) is 17.3 Å². The molecule has 2 rings (SSSR count). The van der Waals surface area contributed by atoms with Crippen molar-refractivity contribution >= 4 is 22.9 Å². The summed E-state index contributed by atoms with van der Waals surface area (Å²) in [5.74, 6) is 0. The molecule has 1 aromatic heterocycles. The number of hydrogen-bond donors (Lipinski definition) is 1. The summed E-state index contributed by atoms with van der Waals surface area (Å²) < 4.78 is 0. The molecule has 2 N–H and O–H groups in total. The number of halogens is 1. The van der Waals surface area contributed by atoms with Crippen molar-refractivity contribution in [2.24, 2.45) is 5.73 Å². The van der Waals surface area contributed by atoms with Crippen LogP contribution in [-0.2, 0) is 6.54 Å². The van der Waals surface area contributed by atoms with Gasteiger partial charge in [-0.05, 0) is 24.6 Å². The molecular weight excluding hydrogens is 228 g/mol. The van der Waals surface area contributed by atoms with E-state index in [1.807, 2.05) is 31.2 Å². The number of aryl methyl sites for hydroxylation is 1. The van der Waals surface area contributed by atoms with E-state index < -0.39 is 0 Å². The van der Waals surface area contributed by atoms with Crippen molar-refractivity contribution in [1.82, 2.24) is 4.98 Å². The molecule has 0 unspecified atom stereocenters. The van der Waals surface area contributed by atoms with Crippen molar-refractivity contribution in [2.45, 2.75) is 13.5 Å². The van der Waals surface area contributed by atoms with Crippen LogP contribution >= 0.6 is 22.9 Å². The summed E-state index contributed by atoms with van der Waals surface area (Å²) in [7, 11) is 0. The van der Waals surface area contributed by atoms with Gasteiger partial charge in [-0.1, -0.05) is 23.7 Å². The van der Waals surface area contributed by atoms with Crippen LogP contribution in [0.15, 0.2) is 24.3 Å². The number of aromatic nitrogens is 1. The quantitative estimate of drug-likeness (QED) is 0.873. The van der Waals surface area contributed by atoms with E-state index in [0.29, 0.717) is 6.54 Å². The Hall–Kier alpha value is -0.900. The van der Waals surface area contributed by atoms with Gasteiger partial charge >= 0.3 is 0 Å². The van der Waals surface area contributed by atoms with Crippen LogP contribution in [-0.4, -0.2) is 4.98 Å². The summed E-state index contributed by atoms with van der Waals surface area (Å²) in [5.41, 5.74) is 7.74. The van der Waals surface area contributed by atoms with Gasteiger partial charge < -0.3 is 5.73 Å². The lowest BCUT2D eigenvalue weighted by molar-refractivity contribution is 1.02. The van der Waals surface area contributed by atoms with Crippen molar-refractivity contribution in [3.63, 3.8) is 0 Å². The van der Waals surface area contributed by atoms with Gasteiger partial charge in [-0.25, -0.2) is 4.98 Å². The van der Waals surface area contributed by atoms with Gasteiger partial charge in [0.1, 0.15) is 5.01 Å². The molecule has 0 atom stereocenters. The Morgan fingerprint density at radius 3 is 2.53 bits per heavy atom. The lowest BCUT2D eigenvalue weighted by atomic mass is 10.2. The normalized spacial score (nSPS) is 10.6. The summed E-state index contributed by atoms with van der Waals surface area (Å²) in [4.78, 5) is 5.56. The standard InChI is InChI=1S/C11H11ClN2S/c1-7-11(15-10(6-13)14-7)8-2-4-9(12)5-3-8/h2-5H,6,13H2,1H3. The molecule has 78 valence electrons. The predicted octanol–water partition coefficient (Wildman–Crippen LogP) is 3.23. The Balaban J connectivity index is 2.44. The molecule has 0 amide bonds. The molecule has 1 aromatic carbocycles. The van der Waals surface area contributed by atoms with Crippen molar-refractivity contribution in [3.8, 4) is 10.4 Å². The van der Waals surface area contributed by atoms with Gasteiger partial charge in [-0.3, -0.25) is 0 Å². The average molecular weight is 239 g/mol. The highest BCUT2D eigenvalue weighted by Gasteiger charge is 2.08. The maximum absolute atomic E-state index is 5.84. The van der Waals surface area contributed by atoms with E-state index in [2.05, 4.69) is 4.98 Å². The average Bonchev–Trinajstić information content (AvgIpc) is 2.61. The van der Waals surface area contributed by atoms with Crippen molar-refractivity contribution in [1.29, 1.82) is 0 Å². The first kappa shape index (κ1) is 10.6. The Bertz CT molecular complexity index is 462. The van der Waals surface area contributed by atoms with Gasteiger partial charge in [0.2, 0.25) is 0 Å². The molecule has 4 heteroatoms. The lowest BCUT2D eigenvalue weighted by Crippen LogP contribution is -1.94. The van der Waals surface area contributed by atoms with Crippen LogP contribution in [0.2, 0.25) is 5.02 Å². The number of rotatable bonds is 2. The third-order valence-corrected chi connectivity index (χ3v) is 3.60. The fourth-order valence-corrected chi connectivity index (χ4v) is 2.48. The zero-order chi connectivity index (χ0) is 10.8. The second-order valence-electron chi connectivity index (χ2n) is 3.23. The molecule has 2 nitrogen and oxygen atoms in total. The number of nitrogens with zero attached hydrogens (tertiary/aromatic N) is 1. The molecule has 0 bridgehead atoms. The summed E-state index contributed by atoms with van der Waals surface area (Å²) >= 11 is 7.48. The molecule has 1 heterocycles. The minimum Gasteiger partial charge on any atom is -0.325 e. The molecule has 2 aromatic rings. The molecular formula is C11H11ClN2S. The van der Waals surface area contributed by atoms with Crippen LogP contribution in [0.3, 0.4) is 0 Å². The lowest BCUT2D eigenvalue weighted by Gasteiger charge is -1.98. The summed E-state index contributed by atoms with van der Waals surface area (Å²) in [6.45, 7) is 2.50. The summed E-state index contributed by atoms with van der Waals surface area (Å²) in [5, 5.41) is 1.72. The molecule has 0 aliphatic heterocycles. The Morgan fingerprint density at radius 1 is 1.33 bits per heavy atom. The molecule has 0 radical (unpaired) electrons. The van der Waals surface area contributed by atoms with Gasteiger partial charge in [0.25, 0.3) is 0 Å². The Labute approximate surface area is 97.7 Å². The minimum absolute atomic E-state index is 0.499. The zero-order valence-corrected chi connectivity index (χ0v) is 9.90. The number of hydrogen-bond acceptors (Lipinski definition) is 3. The number of nitrogens with two attached hydrogens (primary N) is 1. The first-order valence-electron chi connectivity index (χ1n) is 4.63. The second-order valence-corrected chi connectivity index (χ2v) is 4.75. The highest BCUT2D eigenvalue weighted by Crippen LogP contribution is 2.30. The SMILES string of the molecule is Cc1nc(CN)sc1-c1ccc(Cl)cc1. The van der Waals surface area contributed by atoms with Gasteiger partial charge in [0.15, 0.2) is 0 Å². The number of benzene rings is 1. The Kier molecular flexibility index (Phi) is 3.05. The first-order valence-corrected chi connectivity index (χ1v) is 5.82. The molecule has 15 heavy (non-hydrogen) atoms. The van der Waals surface area contributed by atoms with Crippen molar-refractivity contribution in [3.05, 3.63) is 40.0 Å². The predicted molar refractivity (Wildman–Crippen MR) is 65.2 cm³/mol. The molecule has 0 spiro atoms. The largest absolute Gasteiger partial charge is 0.325 e. The van der Waals surface area contributed by atoms with Crippen molar-refractivity contribution < 1.29 is 0 Å². The van der Waals surface area contributed by atoms with Gasteiger partial charge in [-0.2, -0.15) is 0 Å². The van der Waals surface area contributed by atoms with Gasteiger partial charge in [-0.15, -0.1) is 11.3 Å². The topological polar surface area (TPSA) is 38.9 Å². The third-order valence-electron chi connectivity index (χ3n) is 2.12. The van der Waals surface area contributed by atoms with Crippen LogP contribution in [0.25, 0.3) is 10.4 Å². The van der Waals surface area contributed by atoms with Crippen molar-refractivity contribution in [2.75, 3.05) is 0 Å². The van der Waals surface area contributed by atoms with E-state index in [1.165, 1.54) is 4.88 Å². The second kappa shape index (κ2) is 4.31. The molecule has 0 aliphatic carbocycles. The summed E-state index contributed by atoms with van der Waals surface area (Å²) in [6, 6.07) is 7.78. The maximum atomic E-state index is 5.84.